The van der Waals surface area contributed by atoms with Crippen LogP contribution in [-0.2, 0) is 0 Å². The van der Waals surface area contributed by atoms with E-state index in [-0.39, 0.29) is 0 Å². The molecular formula is C26H26F2. The first kappa shape index (κ1) is 18.9. The summed E-state index contributed by atoms with van der Waals surface area (Å²) in [5.74, 6) is 0.00101. The Morgan fingerprint density at radius 3 is 1.79 bits per heavy atom. The van der Waals surface area contributed by atoms with E-state index in [9.17, 15) is 8.78 Å². The summed E-state index contributed by atoms with van der Waals surface area (Å²) in [7, 11) is 0. The lowest BCUT2D eigenvalue weighted by Crippen LogP contribution is -2.10. The third-order valence-electron chi connectivity index (χ3n) is 6.20. The van der Waals surface area contributed by atoms with Crippen molar-refractivity contribution in [1.82, 2.24) is 0 Å². The van der Waals surface area contributed by atoms with E-state index in [1.54, 1.807) is 19.1 Å². The molecule has 0 radical (unpaired) electrons. The van der Waals surface area contributed by atoms with E-state index in [1.165, 1.54) is 31.2 Å². The minimum absolute atomic E-state index is 0.302. The van der Waals surface area contributed by atoms with Crippen molar-refractivity contribution in [2.24, 2.45) is 5.92 Å². The molecule has 0 bridgehead atoms. The quantitative estimate of drug-likeness (QED) is 0.436. The van der Waals surface area contributed by atoms with Gasteiger partial charge in [-0.15, -0.1) is 0 Å². The van der Waals surface area contributed by atoms with Gasteiger partial charge in [0.2, 0.25) is 0 Å². The van der Waals surface area contributed by atoms with Crippen molar-refractivity contribution >= 4 is 0 Å². The Morgan fingerprint density at radius 1 is 0.643 bits per heavy atom. The summed E-state index contributed by atoms with van der Waals surface area (Å²) in [6.07, 6.45) is 5.22. The highest BCUT2D eigenvalue weighted by Crippen LogP contribution is 2.36. The summed E-state index contributed by atoms with van der Waals surface area (Å²) < 4.78 is 28.1. The van der Waals surface area contributed by atoms with Gasteiger partial charge >= 0.3 is 0 Å². The third kappa shape index (κ3) is 3.73. The van der Waals surface area contributed by atoms with E-state index >= 15 is 0 Å². The van der Waals surface area contributed by atoms with Gasteiger partial charge in [0.1, 0.15) is 0 Å². The Bertz CT molecular complexity index is 947. The molecule has 3 aromatic rings. The smallest absolute Gasteiger partial charge is 0.166 e. The minimum atomic E-state index is -0.779. The van der Waals surface area contributed by atoms with E-state index in [0.29, 0.717) is 22.6 Å². The lowest BCUT2D eigenvalue weighted by molar-refractivity contribution is 0.348. The van der Waals surface area contributed by atoms with Gasteiger partial charge in [-0.05, 0) is 59.4 Å². The Kier molecular flexibility index (Phi) is 5.30. The second-order valence-corrected chi connectivity index (χ2v) is 8.21. The normalized spacial score (nSPS) is 19.6. The fourth-order valence-electron chi connectivity index (χ4n) is 4.25. The molecule has 0 aromatic heterocycles. The van der Waals surface area contributed by atoms with Crippen molar-refractivity contribution in [2.45, 2.75) is 45.4 Å². The van der Waals surface area contributed by atoms with Crippen molar-refractivity contribution in [3.63, 3.8) is 0 Å². The van der Waals surface area contributed by atoms with E-state index in [1.807, 2.05) is 24.3 Å². The first-order valence-corrected chi connectivity index (χ1v) is 10.2. The van der Waals surface area contributed by atoms with Gasteiger partial charge in [0.15, 0.2) is 11.6 Å². The zero-order valence-electron chi connectivity index (χ0n) is 16.5. The molecule has 1 aliphatic carbocycles. The van der Waals surface area contributed by atoms with Gasteiger partial charge in [-0.2, -0.15) is 0 Å². The van der Waals surface area contributed by atoms with Crippen LogP contribution in [-0.4, -0.2) is 0 Å². The van der Waals surface area contributed by atoms with Gasteiger partial charge in [-0.3, -0.25) is 0 Å². The molecule has 0 amide bonds. The van der Waals surface area contributed by atoms with Crippen LogP contribution < -0.4 is 0 Å². The largest absolute Gasteiger partial charge is 0.203 e. The first-order valence-electron chi connectivity index (χ1n) is 10.2. The number of hydrogen-bond donors (Lipinski definition) is 0. The summed E-state index contributed by atoms with van der Waals surface area (Å²) in [6.45, 7) is 3.92. The van der Waals surface area contributed by atoms with Crippen molar-refractivity contribution in [3.05, 3.63) is 83.4 Å². The van der Waals surface area contributed by atoms with Crippen molar-refractivity contribution in [3.8, 4) is 22.3 Å². The molecule has 1 aliphatic rings. The zero-order chi connectivity index (χ0) is 19.7. The predicted octanol–water partition coefficient (Wildman–Crippen LogP) is 7.90. The number of benzene rings is 3. The maximum absolute atomic E-state index is 14.2. The van der Waals surface area contributed by atoms with Gasteiger partial charge in [0.05, 0.1) is 0 Å². The highest BCUT2D eigenvalue weighted by molar-refractivity contribution is 5.71. The van der Waals surface area contributed by atoms with E-state index in [0.717, 1.165) is 17.0 Å². The molecule has 0 saturated heterocycles. The minimum Gasteiger partial charge on any atom is -0.203 e. The summed E-state index contributed by atoms with van der Waals surface area (Å²) in [4.78, 5) is 0. The van der Waals surface area contributed by atoms with Crippen LogP contribution >= 0.6 is 0 Å². The molecule has 0 nitrogen and oxygen atoms in total. The van der Waals surface area contributed by atoms with Gasteiger partial charge in [-0.1, -0.05) is 80.4 Å². The SMILES string of the molecule is Cc1ccc(-c2ccc(-c3ccc(C4CCC(C)CC4)cc3)cc2)c(F)c1F. The molecule has 0 unspecified atom stereocenters. The fourth-order valence-corrected chi connectivity index (χ4v) is 4.25. The van der Waals surface area contributed by atoms with Crippen LogP contribution in [0.3, 0.4) is 0 Å². The van der Waals surface area contributed by atoms with Crippen molar-refractivity contribution in [2.75, 3.05) is 0 Å². The number of hydrogen-bond acceptors (Lipinski definition) is 0. The van der Waals surface area contributed by atoms with Crippen LogP contribution in [0.5, 0.6) is 0 Å². The van der Waals surface area contributed by atoms with Gasteiger partial charge < -0.3 is 0 Å². The van der Waals surface area contributed by atoms with Gasteiger partial charge in [0, 0.05) is 5.56 Å². The Balaban J connectivity index is 1.53. The van der Waals surface area contributed by atoms with Crippen molar-refractivity contribution in [1.29, 1.82) is 0 Å². The fraction of sp³-hybridized carbons (Fsp3) is 0.308. The monoisotopic (exact) mass is 376 g/mol. The van der Waals surface area contributed by atoms with E-state index in [4.69, 9.17) is 0 Å². The summed E-state index contributed by atoms with van der Waals surface area (Å²) in [6, 6.07) is 19.8. The van der Waals surface area contributed by atoms with Crippen LogP contribution in [0.4, 0.5) is 8.78 Å². The molecule has 0 aliphatic heterocycles. The van der Waals surface area contributed by atoms with Crippen LogP contribution in [0.1, 0.15) is 49.7 Å². The number of rotatable bonds is 3. The average molecular weight is 376 g/mol. The Morgan fingerprint density at radius 2 is 1.18 bits per heavy atom. The van der Waals surface area contributed by atoms with E-state index in [2.05, 4.69) is 31.2 Å². The lowest BCUT2D eigenvalue weighted by Gasteiger charge is -2.26. The summed E-state index contributed by atoms with van der Waals surface area (Å²) in [5.41, 5.74) is 4.98. The third-order valence-corrected chi connectivity index (χ3v) is 6.20. The topological polar surface area (TPSA) is 0 Å². The maximum Gasteiger partial charge on any atom is 0.166 e. The standard InChI is InChI=1S/C26H26F2/c1-17-3-6-19(7-4-17)20-8-10-21(11-9-20)22-12-14-23(15-13-22)24-16-5-18(2)25(27)26(24)28/h5,8-17,19H,3-4,6-7H2,1-2H3. The maximum atomic E-state index is 14.2. The highest BCUT2D eigenvalue weighted by atomic mass is 19.2. The first-order chi connectivity index (χ1) is 13.5. The lowest BCUT2D eigenvalue weighted by atomic mass is 9.79. The molecule has 4 rings (SSSR count). The molecule has 0 N–H and O–H groups in total. The highest BCUT2D eigenvalue weighted by Gasteiger charge is 2.19. The van der Waals surface area contributed by atoms with Gasteiger partial charge in [-0.25, -0.2) is 8.78 Å². The Labute approximate surface area is 166 Å². The molecule has 0 heterocycles. The molecule has 0 atom stereocenters. The molecule has 0 spiro atoms. The van der Waals surface area contributed by atoms with Crippen LogP contribution in [0.2, 0.25) is 0 Å². The molecular weight excluding hydrogens is 350 g/mol. The molecule has 1 fully saturated rings. The van der Waals surface area contributed by atoms with Crippen LogP contribution in [0, 0.1) is 24.5 Å². The molecule has 2 heteroatoms. The summed E-state index contributed by atoms with van der Waals surface area (Å²) >= 11 is 0. The van der Waals surface area contributed by atoms with Crippen molar-refractivity contribution < 1.29 is 8.78 Å². The molecule has 1 saturated carbocycles. The molecule has 3 aromatic carbocycles. The van der Waals surface area contributed by atoms with Gasteiger partial charge in [0.25, 0.3) is 0 Å². The predicted molar refractivity (Wildman–Crippen MR) is 112 cm³/mol. The van der Waals surface area contributed by atoms with E-state index < -0.39 is 11.6 Å². The second-order valence-electron chi connectivity index (χ2n) is 8.21. The average Bonchev–Trinajstić information content (AvgIpc) is 2.73. The Hall–Kier alpha value is -2.48. The van der Waals surface area contributed by atoms with Crippen LogP contribution in [0.15, 0.2) is 60.7 Å². The zero-order valence-corrected chi connectivity index (χ0v) is 16.5. The molecule has 28 heavy (non-hydrogen) atoms. The second kappa shape index (κ2) is 7.87. The summed E-state index contributed by atoms with van der Waals surface area (Å²) in [5, 5.41) is 0. The van der Waals surface area contributed by atoms with Crippen LogP contribution in [0.25, 0.3) is 22.3 Å². The number of halogens is 2. The molecule has 144 valence electrons. The number of aryl methyl sites for hydroxylation is 1.